The number of amides is 6. The molecule has 0 radical (unpaired) electrons. The summed E-state index contributed by atoms with van der Waals surface area (Å²) in [4.78, 5) is 102. The second-order valence-electron chi connectivity index (χ2n) is 9.68. The number of fused-ring (bicyclic) bond motifs is 2. The van der Waals surface area contributed by atoms with Crippen molar-refractivity contribution in [1.29, 1.82) is 0 Å². The van der Waals surface area contributed by atoms with Crippen LogP contribution in [0.1, 0.15) is 55.3 Å². The zero-order valence-corrected chi connectivity index (χ0v) is 23.0. The van der Waals surface area contributed by atoms with E-state index in [1.807, 2.05) is 0 Å². The number of nitro benzene ring substituents is 2. The molecule has 16 nitrogen and oxygen atoms in total. The number of carbonyl (C=O) groups is 6. The fourth-order valence-electron chi connectivity index (χ4n) is 5.01. The molecule has 0 aliphatic carbocycles. The molecule has 222 valence electrons. The first-order valence-electron chi connectivity index (χ1n) is 12.8. The second-order valence-corrected chi connectivity index (χ2v) is 9.68. The molecule has 0 aromatic heterocycles. The van der Waals surface area contributed by atoms with Gasteiger partial charge in [-0.3, -0.25) is 68.6 Å². The van der Waals surface area contributed by atoms with Gasteiger partial charge in [0.05, 0.1) is 21.0 Å². The van der Waals surface area contributed by atoms with Gasteiger partial charge in [0.1, 0.15) is 24.5 Å². The van der Waals surface area contributed by atoms with Crippen molar-refractivity contribution >= 4 is 58.2 Å². The summed E-state index contributed by atoms with van der Waals surface area (Å²) in [6, 6.07) is 12.9. The molecule has 0 N–H and O–H groups in total. The Bertz CT molecular complexity index is 1700. The van der Waals surface area contributed by atoms with Crippen LogP contribution in [-0.4, -0.2) is 68.4 Å². The topological polar surface area (TPSA) is 202 Å². The van der Waals surface area contributed by atoms with Crippen molar-refractivity contribution in [2.75, 3.05) is 23.1 Å². The molecule has 6 amide bonds. The lowest BCUT2D eigenvalue weighted by Gasteiger charge is -2.28. The Kier molecular flexibility index (Phi) is 7.18. The van der Waals surface area contributed by atoms with E-state index in [0.29, 0.717) is 9.80 Å². The van der Waals surface area contributed by atoms with Crippen molar-refractivity contribution in [1.82, 2.24) is 9.80 Å². The minimum atomic E-state index is -0.941. The fraction of sp³-hybridized carbons (Fsp3) is 0.143. The third-order valence-corrected chi connectivity index (χ3v) is 7.15. The number of carbonyl (C=O) groups excluding carboxylic acids is 6. The highest BCUT2D eigenvalue weighted by atomic mass is 16.6. The van der Waals surface area contributed by atoms with Gasteiger partial charge in [-0.1, -0.05) is 12.1 Å². The zero-order valence-electron chi connectivity index (χ0n) is 23.0. The molecule has 3 aromatic carbocycles. The van der Waals surface area contributed by atoms with Crippen molar-refractivity contribution in [3.63, 3.8) is 0 Å². The van der Waals surface area contributed by atoms with Gasteiger partial charge in [-0.2, -0.15) is 0 Å². The minimum Gasteiger partial charge on any atom is -0.294 e. The van der Waals surface area contributed by atoms with E-state index < -0.39 is 70.0 Å². The van der Waals surface area contributed by atoms with Crippen LogP contribution in [0.15, 0.2) is 60.7 Å². The molecular formula is C28H20N6O10. The molecular weight excluding hydrogens is 580 g/mol. The van der Waals surface area contributed by atoms with Gasteiger partial charge in [-0.05, 0) is 36.4 Å². The Hall–Kier alpha value is -6.32. The highest BCUT2D eigenvalue weighted by molar-refractivity contribution is 6.24. The number of benzene rings is 3. The van der Waals surface area contributed by atoms with Crippen LogP contribution in [0.5, 0.6) is 0 Å². The Morgan fingerprint density at radius 1 is 0.614 bits per heavy atom. The lowest BCUT2D eigenvalue weighted by atomic mass is 10.1. The molecule has 44 heavy (non-hydrogen) atoms. The summed E-state index contributed by atoms with van der Waals surface area (Å²) in [6.07, 6.45) is 0. The van der Waals surface area contributed by atoms with Crippen molar-refractivity contribution in [3.05, 3.63) is 103 Å². The van der Waals surface area contributed by atoms with Gasteiger partial charge >= 0.3 is 0 Å². The Morgan fingerprint density at radius 3 is 1.25 bits per heavy atom. The molecule has 2 heterocycles. The summed E-state index contributed by atoms with van der Waals surface area (Å²) in [5.74, 6) is -4.69. The maximum atomic E-state index is 13.0. The van der Waals surface area contributed by atoms with E-state index in [9.17, 15) is 49.0 Å². The number of hydrogen-bond donors (Lipinski definition) is 0. The van der Waals surface area contributed by atoms with Crippen LogP contribution in [0.3, 0.4) is 0 Å². The van der Waals surface area contributed by atoms with E-state index in [-0.39, 0.29) is 33.6 Å². The van der Waals surface area contributed by atoms with E-state index in [4.69, 9.17) is 0 Å². The summed E-state index contributed by atoms with van der Waals surface area (Å²) in [6.45, 7) is 1.22. The SMILES string of the molecule is CC(=O)N(CN1C(=O)c2cccc([N+](=O)[O-])c2C1=O)c1ccc(N(CN2C(=O)c3cccc([N+](=O)[O-])c3C2=O)C(C)=O)cc1. The predicted molar refractivity (Wildman–Crippen MR) is 150 cm³/mol. The van der Waals surface area contributed by atoms with Gasteiger partial charge in [0.15, 0.2) is 0 Å². The number of rotatable bonds is 8. The summed E-state index contributed by atoms with van der Waals surface area (Å²) in [5, 5.41) is 22.8. The van der Waals surface area contributed by atoms with E-state index >= 15 is 0 Å². The van der Waals surface area contributed by atoms with Gasteiger partial charge < -0.3 is 0 Å². The van der Waals surface area contributed by atoms with E-state index in [1.165, 1.54) is 62.4 Å². The zero-order chi connectivity index (χ0) is 32.0. The molecule has 0 unspecified atom stereocenters. The third-order valence-electron chi connectivity index (χ3n) is 7.15. The Balaban J connectivity index is 1.39. The molecule has 0 spiro atoms. The number of hydrogen-bond acceptors (Lipinski definition) is 10. The fourth-order valence-corrected chi connectivity index (χ4v) is 5.01. The number of imide groups is 2. The largest absolute Gasteiger partial charge is 0.294 e. The highest BCUT2D eigenvalue weighted by Crippen LogP contribution is 2.33. The monoisotopic (exact) mass is 600 g/mol. The lowest BCUT2D eigenvalue weighted by Crippen LogP contribution is -2.44. The number of nitro groups is 2. The molecule has 3 aromatic rings. The lowest BCUT2D eigenvalue weighted by molar-refractivity contribution is -0.385. The van der Waals surface area contributed by atoms with E-state index in [1.54, 1.807) is 0 Å². The van der Waals surface area contributed by atoms with Gasteiger partial charge in [-0.25, -0.2) is 0 Å². The van der Waals surface area contributed by atoms with Crippen LogP contribution in [0.2, 0.25) is 0 Å². The number of nitrogens with zero attached hydrogens (tertiary/aromatic N) is 6. The molecule has 0 saturated heterocycles. The van der Waals surface area contributed by atoms with E-state index in [2.05, 4.69) is 0 Å². The predicted octanol–water partition coefficient (Wildman–Crippen LogP) is 2.72. The second kappa shape index (κ2) is 10.8. The standard InChI is InChI=1S/C28H20N6O10/c1-15(35)29(13-31-25(37)19-5-3-7-21(33(41)42)23(19)27(31)39)17-9-11-18(12-10-17)30(16(2)36)14-32-26(38)20-6-4-8-22(34(43)44)24(20)28(32)40/h3-12H,13-14H2,1-2H3. The summed E-state index contributed by atoms with van der Waals surface area (Å²) >= 11 is 0. The Morgan fingerprint density at radius 2 is 0.955 bits per heavy atom. The average molecular weight is 601 g/mol. The van der Waals surface area contributed by atoms with Crippen LogP contribution >= 0.6 is 0 Å². The van der Waals surface area contributed by atoms with Crippen molar-refractivity contribution in [3.8, 4) is 0 Å². The van der Waals surface area contributed by atoms with Gasteiger partial charge in [0.25, 0.3) is 35.0 Å². The van der Waals surface area contributed by atoms with Crippen LogP contribution in [0.25, 0.3) is 0 Å². The van der Waals surface area contributed by atoms with Crippen LogP contribution < -0.4 is 9.80 Å². The third kappa shape index (κ3) is 4.69. The maximum absolute atomic E-state index is 13.0. The maximum Gasteiger partial charge on any atom is 0.282 e. The summed E-state index contributed by atoms with van der Waals surface area (Å²) in [7, 11) is 0. The highest BCUT2D eigenvalue weighted by Gasteiger charge is 2.43. The molecule has 5 rings (SSSR count). The molecule has 2 aliphatic rings. The smallest absolute Gasteiger partial charge is 0.282 e. The van der Waals surface area contributed by atoms with Gasteiger partial charge in [0.2, 0.25) is 11.8 Å². The molecule has 0 fully saturated rings. The number of anilines is 2. The normalized spacial score (nSPS) is 13.6. The first-order chi connectivity index (χ1) is 20.8. The molecule has 16 heteroatoms. The van der Waals surface area contributed by atoms with Crippen LogP contribution in [-0.2, 0) is 9.59 Å². The minimum absolute atomic E-state index is 0.168. The Labute approximate surface area is 246 Å². The summed E-state index contributed by atoms with van der Waals surface area (Å²) in [5.41, 5.74) is -1.80. The first kappa shape index (κ1) is 29.2. The molecule has 2 aliphatic heterocycles. The van der Waals surface area contributed by atoms with Crippen molar-refractivity contribution in [2.24, 2.45) is 0 Å². The first-order valence-corrected chi connectivity index (χ1v) is 12.8. The average Bonchev–Trinajstić information content (AvgIpc) is 3.38. The van der Waals surface area contributed by atoms with E-state index in [0.717, 1.165) is 21.9 Å². The van der Waals surface area contributed by atoms with Gasteiger partial charge in [-0.15, -0.1) is 0 Å². The van der Waals surface area contributed by atoms with Crippen molar-refractivity contribution in [2.45, 2.75) is 13.8 Å². The molecule has 0 atom stereocenters. The molecule has 0 saturated carbocycles. The summed E-state index contributed by atoms with van der Waals surface area (Å²) < 4.78 is 0. The van der Waals surface area contributed by atoms with Crippen LogP contribution in [0.4, 0.5) is 22.7 Å². The van der Waals surface area contributed by atoms with Gasteiger partial charge in [0, 0.05) is 37.4 Å². The van der Waals surface area contributed by atoms with Crippen LogP contribution in [0, 0.1) is 20.2 Å². The quantitative estimate of drug-likeness (QED) is 0.210. The van der Waals surface area contributed by atoms with Crippen molar-refractivity contribution < 1.29 is 38.6 Å². The molecule has 0 bridgehead atoms.